The highest BCUT2D eigenvalue weighted by Gasteiger charge is 2.17. The minimum absolute atomic E-state index is 0.102. The van der Waals surface area contributed by atoms with Gasteiger partial charge in [-0.25, -0.2) is 0 Å². The number of benzene rings is 2. The Kier molecular flexibility index (Phi) is 4.38. The van der Waals surface area contributed by atoms with Crippen molar-refractivity contribution < 1.29 is 4.92 Å². The SMILES string of the molecule is Nc1c(Cc2ccc(Cl)c(Cl)c2)cc(Cl)cc1[N+](=O)[O-]. The second kappa shape index (κ2) is 5.87. The quantitative estimate of drug-likeness (QED) is 0.502. The maximum atomic E-state index is 10.9. The molecule has 0 atom stereocenters. The van der Waals surface area contributed by atoms with Crippen LogP contribution in [0.15, 0.2) is 30.3 Å². The topological polar surface area (TPSA) is 69.2 Å². The van der Waals surface area contributed by atoms with E-state index in [1.165, 1.54) is 6.07 Å². The van der Waals surface area contributed by atoms with E-state index in [-0.39, 0.29) is 16.4 Å². The van der Waals surface area contributed by atoms with Crippen LogP contribution >= 0.6 is 34.8 Å². The summed E-state index contributed by atoms with van der Waals surface area (Å²) in [5, 5.41) is 12.0. The molecule has 0 saturated carbocycles. The smallest absolute Gasteiger partial charge is 0.293 e. The molecule has 0 heterocycles. The lowest BCUT2D eigenvalue weighted by Gasteiger charge is -2.08. The van der Waals surface area contributed by atoms with Crippen LogP contribution in [-0.2, 0) is 6.42 Å². The maximum absolute atomic E-state index is 10.9. The van der Waals surface area contributed by atoms with Crippen molar-refractivity contribution in [2.45, 2.75) is 6.42 Å². The van der Waals surface area contributed by atoms with Gasteiger partial charge in [0.2, 0.25) is 0 Å². The summed E-state index contributed by atoms with van der Waals surface area (Å²) in [5.74, 6) is 0. The fourth-order valence-electron chi connectivity index (χ4n) is 1.83. The lowest BCUT2D eigenvalue weighted by Crippen LogP contribution is -2.01. The van der Waals surface area contributed by atoms with Gasteiger partial charge in [0.25, 0.3) is 5.69 Å². The number of hydrogen-bond donors (Lipinski definition) is 1. The Bertz CT molecular complexity index is 690. The molecule has 0 spiro atoms. The number of nitrogen functional groups attached to an aromatic ring is 1. The number of nitrogens with two attached hydrogens (primary N) is 1. The summed E-state index contributed by atoms with van der Waals surface area (Å²) in [6, 6.07) is 7.96. The largest absolute Gasteiger partial charge is 0.393 e. The molecule has 0 aliphatic rings. The zero-order valence-electron chi connectivity index (χ0n) is 10.1. The summed E-state index contributed by atoms with van der Waals surface area (Å²) >= 11 is 17.7. The van der Waals surface area contributed by atoms with Gasteiger partial charge in [-0.2, -0.15) is 0 Å². The van der Waals surface area contributed by atoms with Gasteiger partial charge in [-0.3, -0.25) is 10.1 Å². The van der Waals surface area contributed by atoms with Crippen LogP contribution in [0.2, 0.25) is 15.1 Å². The van der Waals surface area contributed by atoms with Crippen molar-refractivity contribution in [1.82, 2.24) is 0 Å². The second-order valence-electron chi connectivity index (χ2n) is 4.18. The average molecular weight is 332 g/mol. The maximum Gasteiger partial charge on any atom is 0.293 e. The summed E-state index contributed by atoms with van der Waals surface area (Å²) in [4.78, 5) is 10.3. The van der Waals surface area contributed by atoms with Crippen molar-refractivity contribution >= 4 is 46.2 Å². The molecule has 0 saturated heterocycles. The van der Waals surface area contributed by atoms with Gasteiger partial charge in [-0.05, 0) is 35.7 Å². The normalized spacial score (nSPS) is 10.6. The van der Waals surface area contributed by atoms with Crippen LogP contribution in [0.4, 0.5) is 11.4 Å². The third-order valence-corrected chi connectivity index (χ3v) is 3.74. The average Bonchev–Trinajstić information content (AvgIpc) is 2.37. The summed E-state index contributed by atoms with van der Waals surface area (Å²) in [7, 11) is 0. The van der Waals surface area contributed by atoms with Gasteiger partial charge in [0.05, 0.1) is 15.0 Å². The molecular weight excluding hydrogens is 323 g/mol. The first-order chi connectivity index (χ1) is 9.38. The van der Waals surface area contributed by atoms with Crippen molar-refractivity contribution in [1.29, 1.82) is 0 Å². The van der Waals surface area contributed by atoms with E-state index in [1.807, 2.05) is 0 Å². The number of rotatable bonds is 3. The van der Waals surface area contributed by atoms with Gasteiger partial charge in [0, 0.05) is 11.1 Å². The molecule has 0 unspecified atom stereocenters. The van der Waals surface area contributed by atoms with Crippen LogP contribution in [0.3, 0.4) is 0 Å². The van der Waals surface area contributed by atoms with Crippen molar-refractivity contribution in [2.24, 2.45) is 0 Å². The number of nitro groups is 1. The number of nitrogens with zero attached hydrogens (tertiary/aromatic N) is 1. The highest BCUT2D eigenvalue weighted by atomic mass is 35.5. The first-order valence-corrected chi connectivity index (χ1v) is 6.68. The van der Waals surface area contributed by atoms with E-state index in [0.717, 1.165) is 5.56 Å². The molecule has 2 aromatic carbocycles. The molecule has 0 amide bonds. The summed E-state index contributed by atoms with van der Waals surface area (Å²) in [5.41, 5.74) is 7.12. The molecule has 2 aromatic rings. The summed E-state index contributed by atoms with van der Waals surface area (Å²) in [6.07, 6.45) is 0.379. The Labute approximate surface area is 130 Å². The third kappa shape index (κ3) is 3.15. The van der Waals surface area contributed by atoms with Crippen LogP contribution < -0.4 is 5.73 Å². The van der Waals surface area contributed by atoms with E-state index in [2.05, 4.69) is 0 Å². The Balaban J connectivity index is 2.43. The molecule has 2 N–H and O–H groups in total. The molecular formula is C13H9Cl3N2O2. The number of hydrogen-bond acceptors (Lipinski definition) is 3. The minimum atomic E-state index is -0.556. The Hall–Kier alpha value is -1.49. The lowest BCUT2D eigenvalue weighted by molar-refractivity contribution is -0.383. The van der Waals surface area contributed by atoms with E-state index >= 15 is 0 Å². The van der Waals surface area contributed by atoms with E-state index in [4.69, 9.17) is 40.5 Å². The van der Waals surface area contributed by atoms with E-state index in [1.54, 1.807) is 24.3 Å². The predicted molar refractivity (Wildman–Crippen MR) is 81.8 cm³/mol. The van der Waals surface area contributed by atoms with Gasteiger partial charge in [0.1, 0.15) is 5.69 Å². The molecule has 0 radical (unpaired) electrons. The molecule has 2 rings (SSSR count). The summed E-state index contributed by atoms with van der Waals surface area (Å²) in [6.45, 7) is 0. The zero-order chi connectivity index (χ0) is 14.9. The summed E-state index contributed by atoms with van der Waals surface area (Å²) < 4.78 is 0. The fraction of sp³-hybridized carbons (Fsp3) is 0.0769. The van der Waals surface area contributed by atoms with Gasteiger partial charge < -0.3 is 5.73 Å². The fourth-order valence-corrected chi connectivity index (χ4v) is 2.38. The second-order valence-corrected chi connectivity index (χ2v) is 5.43. The molecule has 0 aliphatic heterocycles. The van der Waals surface area contributed by atoms with Crippen molar-refractivity contribution in [3.8, 4) is 0 Å². The van der Waals surface area contributed by atoms with Crippen molar-refractivity contribution in [3.05, 3.63) is 66.6 Å². The van der Waals surface area contributed by atoms with Gasteiger partial charge in [0.15, 0.2) is 0 Å². The molecule has 0 bridgehead atoms. The number of anilines is 1. The van der Waals surface area contributed by atoms with Crippen molar-refractivity contribution in [2.75, 3.05) is 5.73 Å². The minimum Gasteiger partial charge on any atom is -0.393 e. The highest BCUT2D eigenvalue weighted by molar-refractivity contribution is 6.42. The highest BCUT2D eigenvalue weighted by Crippen LogP contribution is 2.32. The Morgan fingerprint density at radius 3 is 2.40 bits per heavy atom. The third-order valence-electron chi connectivity index (χ3n) is 2.78. The van der Waals surface area contributed by atoms with Crippen LogP contribution in [0, 0.1) is 10.1 Å². The Morgan fingerprint density at radius 1 is 1.10 bits per heavy atom. The van der Waals surface area contributed by atoms with Crippen LogP contribution in [0.1, 0.15) is 11.1 Å². The number of halogens is 3. The van der Waals surface area contributed by atoms with Gasteiger partial charge in [-0.15, -0.1) is 0 Å². The molecule has 0 aromatic heterocycles. The standard InChI is InChI=1S/C13H9Cl3N2O2/c14-9-5-8(13(17)12(6-9)18(19)20)3-7-1-2-10(15)11(16)4-7/h1-2,4-6H,3,17H2. The van der Waals surface area contributed by atoms with E-state index < -0.39 is 4.92 Å². The number of nitro benzene ring substituents is 1. The van der Waals surface area contributed by atoms with Gasteiger partial charge >= 0.3 is 0 Å². The van der Waals surface area contributed by atoms with E-state index in [0.29, 0.717) is 22.0 Å². The molecule has 0 aliphatic carbocycles. The van der Waals surface area contributed by atoms with Crippen LogP contribution in [0.5, 0.6) is 0 Å². The Morgan fingerprint density at radius 2 is 1.80 bits per heavy atom. The molecule has 0 fully saturated rings. The molecule has 4 nitrogen and oxygen atoms in total. The van der Waals surface area contributed by atoms with Crippen LogP contribution in [0.25, 0.3) is 0 Å². The molecule has 20 heavy (non-hydrogen) atoms. The predicted octanol–water partition coefficient (Wildman–Crippen LogP) is 4.73. The van der Waals surface area contributed by atoms with E-state index in [9.17, 15) is 10.1 Å². The molecule has 104 valence electrons. The molecule has 7 heteroatoms. The lowest BCUT2D eigenvalue weighted by atomic mass is 10.0. The zero-order valence-corrected chi connectivity index (χ0v) is 12.3. The monoisotopic (exact) mass is 330 g/mol. The first kappa shape index (κ1) is 14.9. The van der Waals surface area contributed by atoms with Gasteiger partial charge in [-0.1, -0.05) is 40.9 Å². The first-order valence-electron chi connectivity index (χ1n) is 5.54. The van der Waals surface area contributed by atoms with Crippen molar-refractivity contribution in [3.63, 3.8) is 0 Å². The van der Waals surface area contributed by atoms with Crippen LogP contribution in [-0.4, -0.2) is 4.92 Å².